The summed E-state index contributed by atoms with van der Waals surface area (Å²) in [6, 6.07) is 2.81. The minimum atomic E-state index is -3.77. The monoisotopic (exact) mass is 308 g/mol. The Bertz CT molecular complexity index is 627. The molecule has 0 spiro atoms. The molecule has 0 amide bonds. The maximum absolute atomic E-state index is 11.9. The number of nitrogen functional groups attached to an aromatic ring is 1. The van der Waals surface area contributed by atoms with Gasteiger partial charge >= 0.3 is 0 Å². The minimum Gasteiger partial charge on any atom is -0.307 e. The highest BCUT2D eigenvalue weighted by atomic mass is 32.2. The van der Waals surface area contributed by atoms with Crippen molar-refractivity contribution in [1.29, 1.82) is 0 Å². The van der Waals surface area contributed by atoms with Crippen molar-refractivity contribution >= 4 is 25.7 Å². The van der Waals surface area contributed by atoms with Gasteiger partial charge in [0, 0.05) is 19.0 Å². The highest BCUT2D eigenvalue weighted by Gasteiger charge is 2.18. The molecule has 8 nitrogen and oxygen atoms in total. The fourth-order valence-corrected chi connectivity index (χ4v) is 3.20. The number of nitrogens with two attached hydrogens (primary N) is 1. The van der Waals surface area contributed by atoms with Crippen LogP contribution in [0, 0.1) is 0 Å². The van der Waals surface area contributed by atoms with Gasteiger partial charge in [0.25, 0.3) is 0 Å². The Labute approximate surface area is 112 Å². The second kappa shape index (κ2) is 6.28. The predicted molar refractivity (Wildman–Crippen MR) is 71.6 cm³/mol. The Morgan fingerprint density at radius 2 is 2.00 bits per heavy atom. The van der Waals surface area contributed by atoms with E-state index in [-0.39, 0.29) is 29.4 Å². The lowest BCUT2D eigenvalue weighted by atomic mass is 10.5. The third-order valence-corrected chi connectivity index (χ3v) is 4.70. The Balaban J connectivity index is 2.71. The number of rotatable bonds is 7. The van der Waals surface area contributed by atoms with Gasteiger partial charge in [-0.3, -0.25) is 0 Å². The number of sulfonamides is 1. The van der Waals surface area contributed by atoms with Gasteiger partial charge in [0.1, 0.15) is 14.7 Å². The van der Waals surface area contributed by atoms with Crippen LogP contribution in [-0.4, -0.2) is 40.4 Å². The third kappa shape index (κ3) is 5.11. The Morgan fingerprint density at radius 3 is 2.58 bits per heavy atom. The van der Waals surface area contributed by atoms with Crippen LogP contribution in [0.3, 0.4) is 0 Å². The Hall–Kier alpha value is -1.23. The van der Waals surface area contributed by atoms with Crippen LogP contribution in [0.15, 0.2) is 23.2 Å². The second-order valence-corrected chi connectivity index (χ2v) is 7.87. The zero-order chi connectivity index (χ0) is 14.5. The van der Waals surface area contributed by atoms with E-state index < -0.39 is 19.9 Å². The molecule has 10 heteroatoms. The number of anilines is 1. The van der Waals surface area contributed by atoms with Crippen molar-refractivity contribution in [3.63, 3.8) is 0 Å². The summed E-state index contributed by atoms with van der Waals surface area (Å²) in [5.74, 6) is 5.12. The summed E-state index contributed by atoms with van der Waals surface area (Å²) in [5.41, 5.74) is 2.19. The van der Waals surface area contributed by atoms with E-state index in [4.69, 9.17) is 5.84 Å². The van der Waals surface area contributed by atoms with Gasteiger partial charge in [0.15, 0.2) is 5.82 Å². The van der Waals surface area contributed by atoms with Crippen LogP contribution in [0.5, 0.6) is 0 Å². The molecule has 19 heavy (non-hydrogen) atoms. The van der Waals surface area contributed by atoms with Gasteiger partial charge in [-0.15, -0.1) is 0 Å². The van der Waals surface area contributed by atoms with Crippen molar-refractivity contribution < 1.29 is 16.8 Å². The van der Waals surface area contributed by atoms with Crippen LogP contribution >= 0.6 is 0 Å². The first-order valence-electron chi connectivity index (χ1n) is 5.35. The largest absolute Gasteiger partial charge is 0.307 e. The summed E-state index contributed by atoms with van der Waals surface area (Å²) in [6.45, 7) is 0.0221. The molecule has 0 aliphatic rings. The number of nitrogens with zero attached hydrogens (tertiary/aromatic N) is 1. The van der Waals surface area contributed by atoms with Crippen LogP contribution in [-0.2, 0) is 19.9 Å². The molecule has 1 rings (SSSR count). The van der Waals surface area contributed by atoms with Gasteiger partial charge in [-0.1, -0.05) is 0 Å². The highest BCUT2D eigenvalue weighted by molar-refractivity contribution is 7.90. The third-order valence-electron chi connectivity index (χ3n) is 2.18. The molecular formula is C9H16N4O4S2. The molecule has 1 heterocycles. The zero-order valence-electron chi connectivity index (χ0n) is 10.3. The molecule has 0 radical (unpaired) electrons. The van der Waals surface area contributed by atoms with Crippen molar-refractivity contribution in [2.24, 2.45) is 5.84 Å². The Morgan fingerprint density at radius 1 is 1.32 bits per heavy atom. The number of hydrogen-bond donors (Lipinski definition) is 3. The van der Waals surface area contributed by atoms with E-state index in [1.807, 2.05) is 0 Å². The number of hydrazine groups is 1. The van der Waals surface area contributed by atoms with Crippen LogP contribution in [0.1, 0.15) is 6.42 Å². The molecule has 0 aliphatic carbocycles. The molecule has 0 saturated heterocycles. The van der Waals surface area contributed by atoms with Gasteiger partial charge < -0.3 is 5.43 Å². The van der Waals surface area contributed by atoms with Gasteiger partial charge in [-0.2, -0.15) is 0 Å². The van der Waals surface area contributed by atoms with Gasteiger partial charge in [0.2, 0.25) is 10.0 Å². The number of sulfone groups is 1. The molecule has 0 atom stereocenters. The number of nitrogens with one attached hydrogen (secondary N) is 2. The molecule has 108 valence electrons. The highest BCUT2D eigenvalue weighted by Crippen LogP contribution is 2.16. The summed E-state index contributed by atoms with van der Waals surface area (Å²) >= 11 is 0. The predicted octanol–water partition coefficient (Wildman–Crippen LogP) is -0.920. The lowest BCUT2D eigenvalue weighted by Crippen LogP contribution is -2.27. The van der Waals surface area contributed by atoms with Crippen LogP contribution < -0.4 is 16.0 Å². The van der Waals surface area contributed by atoms with Crippen LogP contribution in [0.25, 0.3) is 0 Å². The topological polar surface area (TPSA) is 131 Å². The first-order chi connectivity index (χ1) is 8.76. The van der Waals surface area contributed by atoms with Gasteiger partial charge in [-0.25, -0.2) is 32.4 Å². The SMILES string of the molecule is CS(=O)(=O)CCCNS(=O)(=O)c1cccnc1NN. The van der Waals surface area contributed by atoms with Crippen molar-refractivity contribution in [3.8, 4) is 0 Å². The summed E-state index contributed by atoms with van der Waals surface area (Å²) in [7, 11) is -6.87. The standard InChI is InChI=1S/C9H16N4O4S2/c1-18(14,15)7-3-6-12-19(16,17)8-4-2-5-11-9(8)13-10/h2,4-5,12H,3,6-7,10H2,1H3,(H,11,13). The van der Waals surface area contributed by atoms with Crippen molar-refractivity contribution in [2.75, 3.05) is 24.0 Å². The molecule has 0 saturated carbocycles. The summed E-state index contributed by atoms with van der Waals surface area (Å²) < 4.78 is 48.0. The lowest BCUT2D eigenvalue weighted by molar-refractivity contribution is 0.577. The lowest BCUT2D eigenvalue weighted by Gasteiger charge is -2.09. The van der Waals surface area contributed by atoms with Crippen LogP contribution in [0.4, 0.5) is 5.82 Å². The number of pyridine rings is 1. The van der Waals surface area contributed by atoms with Crippen molar-refractivity contribution in [1.82, 2.24) is 9.71 Å². The van der Waals surface area contributed by atoms with E-state index >= 15 is 0 Å². The van der Waals surface area contributed by atoms with E-state index in [2.05, 4.69) is 15.1 Å². The zero-order valence-corrected chi connectivity index (χ0v) is 12.0. The van der Waals surface area contributed by atoms with E-state index in [0.29, 0.717) is 0 Å². The van der Waals surface area contributed by atoms with E-state index in [9.17, 15) is 16.8 Å². The molecular weight excluding hydrogens is 292 g/mol. The van der Waals surface area contributed by atoms with E-state index in [1.165, 1.54) is 18.3 Å². The van der Waals surface area contributed by atoms with E-state index in [1.54, 1.807) is 0 Å². The molecule has 4 N–H and O–H groups in total. The minimum absolute atomic E-state index is 0.0221. The average molecular weight is 308 g/mol. The summed E-state index contributed by atoms with van der Waals surface area (Å²) in [4.78, 5) is 3.69. The molecule has 0 bridgehead atoms. The molecule has 0 aliphatic heterocycles. The number of aromatic nitrogens is 1. The molecule has 1 aromatic heterocycles. The van der Waals surface area contributed by atoms with Gasteiger partial charge in [0.05, 0.1) is 5.75 Å². The molecule has 0 aromatic carbocycles. The first kappa shape index (κ1) is 15.8. The van der Waals surface area contributed by atoms with E-state index in [0.717, 1.165) is 6.26 Å². The molecule has 0 fully saturated rings. The fourth-order valence-electron chi connectivity index (χ4n) is 1.33. The Kier molecular flexibility index (Phi) is 5.23. The fraction of sp³-hybridized carbons (Fsp3) is 0.444. The maximum atomic E-state index is 11.9. The quantitative estimate of drug-likeness (QED) is 0.337. The summed E-state index contributed by atoms with van der Waals surface area (Å²) in [5, 5.41) is 0. The molecule has 1 aromatic rings. The average Bonchev–Trinajstić information content (AvgIpc) is 2.33. The summed E-state index contributed by atoms with van der Waals surface area (Å²) in [6.07, 6.45) is 2.70. The van der Waals surface area contributed by atoms with Crippen LogP contribution in [0.2, 0.25) is 0 Å². The van der Waals surface area contributed by atoms with Crippen molar-refractivity contribution in [3.05, 3.63) is 18.3 Å². The second-order valence-electron chi connectivity index (χ2n) is 3.88. The van der Waals surface area contributed by atoms with Crippen molar-refractivity contribution in [2.45, 2.75) is 11.3 Å². The maximum Gasteiger partial charge on any atom is 0.244 e. The van der Waals surface area contributed by atoms with Gasteiger partial charge in [-0.05, 0) is 18.6 Å². The number of hydrogen-bond acceptors (Lipinski definition) is 7. The normalized spacial score (nSPS) is 12.3. The smallest absolute Gasteiger partial charge is 0.244 e. The molecule has 0 unspecified atom stereocenters. The first-order valence-corrected chi connectivity index (χ1v) is 8.89.